The van der Waals surface area contributed by atoms with Crippen LogP contribution in [0, 0.1) is 5.41 Å². The van der Waals surface area contributed by atoms with Gasteiger partial charge in [0.15, 0.2) is 0 Å². The van der Waals surface area contributed by atoms with Crippen LogP contribution < -0.4 is 26.2 Å². The zero-order valence-electron chi connectivity index (χ0n) is 26.8. The topological polar surface area (TPSA) is 123 Å². The van der Waals surface area contributed by atoms with E-state index in [1.807, 2.05) is 36.4 Å². The predicted octanol–water partition coefficient (Wildman–Crippen LogP) is 4.40. The largest absolute Gasteiger partial charge is 0.390 e. The highest BCUT2D eigenvalue weighted by Gasteiger charge is 2.27. The number of carbonyl (C=O) groups is 3. The van der Waals surface area contributed by atoms with Crippen molar-refractivity contribution in [2.75, 3.05) is 29.9 Å². The van der Waals surface area contributed by atoms with Crippen LogP contribution in [0.1, 0.15) is 88.6 Å². The fourth-order valence-corrected chi connectivity index (χ4v) is 5.80. The first-order valence-corrected chi connectivity index (χ1v) is 16.2. The average molecular weight is 606 g/mol. The van der Waals surface area contributed by atoms with E-state index in [1.165, 1.54) is 6.42 Å². The molecule has 1 saturated carbocycles. The number of amides is 3. The van der Waals surface area contributed by atoms with E-state index in [9.17, 15) is 19.5 Å². The Labute approximate surface area is 262 Å². The summed E-state index contributed by atoms with van der Waals surface area (Å²) in [6.45, 7) is 9.64. The maximum absolute atomic E-state index is 13.8. The van der Waals surface area contributed by atoms with Gasteiger partial charge in [-0.3, -0.25) is 14.4 Å². The van der Waals surface area contributed by atoms with E-state index in [1.54, 1.807) is 24.0 Å². The SMILES string of the molecule is C[C@H](NC[C@@H](O)[C@H](Cc1ccccc1)NC(=O)c1cc(NCC(C)(C)C)cc(N2CCCC2=O)c1)C(=O)NC1CCCCC1. The first-order chi connectivity index (χ1) is 21.0. The molecule has 1 saturated heterocycles. The zero-order chi connectivity index (χ0) is 31.7. The summed E-state index contributed by atoms with van der Waals surface area (Å²) in [6.07, 6.45) is 6.25. The number of anilines is 2. The molecule has 0 aromatic heterocycles. The molecule has 1 aliphatic carbocycles. The van der Waals surface area contributed by atoms with Crippen molar-refractivity contribution in [1.82, 2.24) is 16.0 Å². The van der Waals surface area contributed by atoms with Crippen LogP contribution >= 0.6 is 0 Å². The molecule has 2 aliphatic rings. The minimum Gasteiger partial charge on any atom is -0.390 e. The van der Waals surface area contributed by atoms with Crippen LogP contribution in [0.2, 0.25) is 0 Å². The van der Waals surface area contributed by atoms with E-state index >= 15 is 0 Å². The van der Waals surface area contributed by atoms with Gasteiger partial charge in [-0.1, -0.05) is 70.4 Å². The van der Waals surface area contributed by atoms with Gasteiger partial charge >= 0.3 is 0 Å². The summed E-state index contributed by atoms with van der Waals surface area (Å²) in [5.74, 6) is -0.355. The Hall–Kier alpha value is -3.43. The lowest BCUT2D eigenvalue weighted by Crippen LogP contribution is -2.53. The first-order valence-electron chi connectivity index (χ1n) is 16.2. The van der Waals surface area contributed by atoms with Crippen molar-refractivity contribution in [2.24, 2.45) is 5.41 Å². The van der Waals surface area contributed by atoms with Crippen LogP contribution in [-0.4, -0.2) is 66.7 Å². The number of carbonyl (C=O) groups excluding carboxylic acids is 3. The van der Waals surface area contributed by atoms with Crippen molar-refractivity contribution in [3.8, 4) is 0 Å². The Balaban J connectivity index is 1.48. The molecule has 9 nitrogen and oxygen atoms in total. The second-order valence-electron chi connectivity index (χ2n) is 13.6. The highest BCUT2D eigenvalue weighted by atomic mass is 16.3. The summed E-state index contributed by atoms with van der Waals surface area (Å²) < 4.78 is 0. The van der Waals surface area contributed by atoms with E-state index in [4.69, 9.17) is 0 Å². The molecule has 1 heterocycles. The van der Waals surface area contributed by atoms with Crippen LogP contribution in [0.15, 0.2) is 48.5 Å². The molecule has 5 N–H and O–H groups in total. The van der Waals surface area contributed by atoms with Gasteiger partial charge in [0, 0.05) is 49.0 Å². The number of nitrogens with zero attached hydrogens (tertiary/aromatic N) is 1. The summed E-state index contributed by atoms with van der Waals surface area (Å²) in [5.41, 5.74) is 2.86. The maximum Gasteiger partial charge on any atom is 0.251 e. The Morgan fingerprint density at radius 2 is 1.75 bits per heavy atom. The standard InChI is InChI=1S/C35H51N5O4/c1-24(33(43)38-27-14-9-6-10-15-27)36-22-31(41)30(18-25-12-7-5-8-13-25)39-34(44)26-19-28(37-23-35(2,3)4)21-29(20-26)40-17-11-16-32(40)42/h5,7-8,12-13,19-21,24,27,30-31,36-37,41H,6,9-11,14-18,22-23H2,1-4H3,(H,38,43)(H,39,44)/t24-,30-,31+/m0/s1. The van der Waals surface area contributed by atoms with E-state index < -0.39 is 18.2 Å². The molecule has 2 aromatic carbocycles. The van der Waals surface area contributed by atoms with Gasteiger partial charge in [-0.25, -0.2) is 0 Å². The van der Waals surface area contributed by atoms with E-state index in [0.29, 0.717) is 37.2 Å². The molecule has 0 radical (unpaired) electrons. The van der Waals surface area contributed by atoms with E-state index in [-0.39, 0.29) is 35.7 Å². The minimum atomic E-state index is -0.953. The molecule has 9 heteroatoms. The molecule has 2 fully saturated rings. The maximum atomic E-state index is 13.8. The van der Waals surface area contributed by atoms with Gasteiger partial charge in [0.2, 0.25) is 11.8 Å². The fourth-order valence-electron chi connectivity index (χ4n) is 5.80. The normalized spacial score (nSPS) is 18.0. The molecule has 1 aliphatic heterocycles. The number of hydrogen-bond donors (Lipinski definition) is 5. The Morgan fingerprint density at radius 3 is 2.41 bits per heavy atom. The molecule has 0 bridgehead atoms. The van der Waals surface area contributed by atoms with Crippen molar-refractivity contribution in [2.45, 2.75) is 103 Å². The van der Waals surface area contributed by atoms with Crippen LogP contribution in [0.25, 0.3) is 0 Å². The molecular formula is C35H51N5O4. The molecule has 44 heavy (non-hydrogen) atoms. The van der Waals surface area contributed by atoms with Gasteiger partial charge in [-0.15, -0.1) is 0 Å². The van der Waals surface area contributed by atoms with E-state index in [2.05, 4.69) is 42.0 Å². The molecule has 0 spiro atoms. The lowest BCUT2D eigenvalue weighted by Gasteiger charge is -2.28. The van der Waals surface area contributed by atoms with Gasteiger partial charge in [0.05, 0.1) is 18.2 Å². The highest BCUT2D eigenvalue weighted by Crippen LogP contribution is 2.28. The van der Waals surface area contributed by atoms with Crippen LogP contribution in [0.4, 0.5) is 11.4 Å². The molecule has 3 amide bonds. The molecule has 2 aromatic rings. The molecule has 3 atom stereocenters. The molecular weight excluding hydrogens is 554 g/mol. The molecule has 240 valence electrons. The second-order valence-corrected chi connectivity index (χ2v) is 13.6. The lowest BCUT2D eigenvalue weighted by molar-refractivity contribution is -0.123. The number of hydrogen-bond acceptors (Lipinski definition) is 6. The Kier molecular flexibility index (Phi) is 11.8. The predicted molar refractivity (Wildman–Crippen MR) is 176 cm³/mol. The number of nitrogens with one attached hydrogen (secondary N) is 4. The summed E-state index contributed by atoms with van der Waals surface area (Å²) in [6, 6.07) is 14.3. The van der Waals surface area contributed by atoms with Crippen molar-refractivity contribution in [1.29, 1.82) is 0 Å². The number of benzene rings is 2. The van der Waals surface area contributed by atoms with Crippen molar-refractivity contribution in [3.63, 3.8) is 0 Å². The zero-order valence-corrected chi connectivity index (χ0v) is 26.8. The number of aliphatic hydroxyl groups excluding tert-OH is 1. The van der Waals surface area contributed by atoms with Crippen molar-refractivity contribution in [3.05, 3.63) is 59.7 Å². The molecule has 4 rings (SSSR count). The van der Waals surface area contributed by atoms with Crippen LogP contribution in [0.3, 0.4) is 0 Å². The van der Waals surface area contributed by atoms with Crippen molar-refractivity contribution >= 4 is 29.1 Å². The number of rotatable bonds is 13. The third-order valence-corrected chi connectivity index (χ3v) is 8.45. The quantitative estimate of drug-likeness (QED) is 0.231. The van der Waals surface area contributed by atoms with Gasteiger partial charge in [0.25, 0.3) is 5.91 Å². The molecule has 0 unspecified atom stereocenters. The van der Waals surface area contributed by atoms with Gasteiger partial charge in [-0.2, -0.15) is 0 Å². The lowest BCUT2D eigenvalue weighted by atomic mass is 9.95. The third-order valence-electron chi connectivity index (χ3n) is 8.45. The monoisotopic (exact) mass is 605 g/mol. The highest BCUT2D eigenvalue weighted by molar-refractivity contribution is 6.00. The van der Waals surface area contributed by atoms with Gasteiger partial charge < -0.3 is 31.3 Å². The smallest absolute Gasteiger partial charge is 0.251 e. The average Bonchev–Trinajstić information content (AvgIpc) is 3.44. The third kappa shape index (κ3) is 10.1. The Bertz CT molecular complexity index is 1260. The van der Waals surface area contributed by atoms with Crippen LogP contribution in [0.5, 0.6) is 0 Å². The fraction of sp³-hybridized carbons (Fsp3) is 0.571. The second kappa shape index (κ2) is 15.5. The van der Waals surface area contributed by atoms with Crippen molar-refractivity contribution < 1.29 is 19.5 Å². The van der Waals surface area contributed by atoms with E-state index in [0.717, 1.165) is 43.4 Å². The minimum absolute atomic E-state index is 0.0181. The van der Waals surface area contributed by atoms with Gasteiger partial charge in [0.1, 0.15) is 0 Å². The van der Waals surface area contributed by atoms with Gasteiger partial charge in [-0.05, 0) is 61.8 Å². The van der Waals surface area contributed by atoms with Crippen LogP contribution in [-0.2, 0) is 16.0 Å². The number of aliphatic hydroxyl groups is 1. The summed E-state index contributed by atoms with van der Waals surface area (Å²) in [4.78, 5) is 40.9. The Morgan fingerprint density at radius 1 is 1.02 bits per heavy atom. The summed E-state index contributed by atoms with van der Waals surface area (Å²) in [7, 11) is 0. The first kappa shape index (κ1) is 33.5. The summed E-state index contributed by atoms with van der Waals surface area (Å²) in [5, 5.41) is 24.1. The summed E-state index contributed by atoms with van der Waals surface area (Å²) >= 11 is 0.